The van der Waals surface area contributed by atoms with Crippen molar-refractivity contribution in [3.05, 3.63) is 17.7 Å². The fraction of sp³-hybridized carbons (Fsp3) is 0.667. The zero-order chi connectivity index (χ0) is 16.3. The molecule has 23 heavy (non-hydrogen) atoms. The number of thioether (sulfide) groups is 1. The van der Waals surface area contributed by atoms with Gasteiger partial charge in [0.05, 0.1) is 14.2 Å². The van der Waals surface area contributed by atoms with E-state index in [1.165, 1.54) is 55.9 Å². The molecule has 1 aromatic rings. The number of ether oxygens (including phenoxy) is 2. The molecule has 1 spiro atoms. The molecular weight excluding hydrogens is 308 g/mol. The third-order valence-corrected chi connectivity index (χ3v) is 6.18. The van der Waals surface area contributed by atoms with Crippen LogP contribution in [0.5, 0.6) is 11.5 Å². The molecule has 2 fully saturated rings. The van der Waals surface area contributed by atoms with E-state index in [-0.39, 0.29) is 0 Å². The van der Waals surface area contributed by atoms with E-state index in [9.17, 15) is 0 Å². The van der Waals surface area contributed by atoms with Crippen LogP contribution in [0.1, 0.15) is 24.8 Å². The molecule has 2 aliphatic heterocycles. The highest BCUT2D eigenvalue weighted by Gasteiger charge is 2.38. The summed E-state index contributed by atoms with van der Waals surface area (Å²) in [4.78, 5) is 3.90. The minimum Gasteiger partial charge on any atom is -0.493 e. The molecule has 0 amide bonds. The summed E-state index contributed by atoms with van der Waals surface area (Å²) in [6.45, 7) is 5.81. The van der Waals surface area contributed by atoms with E-state index >= 15 is 0 Å². The molecule has 2 saturated heterocycles. The number of nitrogens with zero attached hydrogens (tertiary/aromatic N) is 1. The van der Waals surface area contributed by atoms with Gasteiger partial charge in [-0.1, -0.05) is 0 Å². The molecular formula is C18H28N2O2S. The fourth-order valence-electron chi connectivity index (χ4n) is 3.98. The maximum Gasteiger partial charge on any atom is 0.161 e. The number of methoxy groups -OCH3 is 2. The van der Waals surface area contributed by atoms with Crippen molar-refractivity contribution >= 4 is 11.8 Å². The van der Waals surface area contributed by atoms with Gasteiger partial charge in [-0.2, -0.15) is 0 Å². The van der Waals surface area contributed by atoms with Crippen LogP contribution in [0.25, 0.3) is 0 Å². The van der Waals surface area contributed by atoms with Crippen LogP contribution < -0.4 is 14.8 Å². The molecule has 2 heterocycles. The molecule has 5 heteroatoms. The molecule has 0 unspecified atom stereocenters. The molecule has 128 valence electrons. The average molecular weight is 337 g/mol. The van der Waals surface area contributed by atoms with E-state index < -0.39 is 0 Å². The predicted octanol–water partition coefficient (Wildman–Crippen LogP) is 3.00. The maximum atomic E-state index is 5.49. The zero-order valence-corrected chi connectivity index (χ0v) is 15.3. The van der Waals surface area contributed by atoms with Crippen molar-refractivity contribution in [2.75, 3.05) is 46.7 Å². The second-order valence-corrected chi connectivity index (χ2v) is 7.58. The minimum atomic E-state index is 0.557. The summed E-state index contributed by atoms with van der Waals surface area (Å²) in [6.07, 6.45) is 6.12. The lowest BCUT2D eigenvalue weighted by Gasteiger charge is -2.34. The van der Waals surface area contributed by atoms with Crippen LogP contribution in [0.15, 0.2) is 17.0 Å². The zero-order valence-electron chi connectivity index (χ0n) is 14.5. The van der Waals surface area contributed by atoms with E-state index in [0.717, 1.165) is 18.0 Å². The first-order valence-electron chi connectivity index (χ1n) is 8.42. The number of likely N-dealkylation sites (tertiary alicyclic amines) is 1. The van der Waals surface area contributed by atoms with Gasteiger partial charge in [-0.15, -0.1) is 11.8 Å². The highest BCUT2D eigenvalue weighted by atomic mass is 32.2. The molecule has 0 atom stereocenters. The van der Waals surface area contributed by atoms with Gasteiger partial charge < -0.3 is 14.8 Å². The lowest BCUT2D eigenvalue weighted by Crippen LogP contribution is -2.38. The van der Waals surface area contributed by atoms with Crippen LogP contribution in [0.2, 0.25) is 0 Å². The van der Waals surface area contributed by atoms with Gasteiger partial charge >= 0.3 is 0 Å². The van der Waals surface area contributed by atoms with E-state index in [1.807, 2.05) is 0 Å². The van der Waals surface area contributed by atoms with E-state index in [0.29, 0.717) is 5.41 Å². The summed E-state index contributed by atoms with van der Waals surface area (Å²) in [7, 11) is 3.41. The summed E-state index contributed by atoms with van der Waals surface area (Å²) in [5.41, 5.74) is 1.91. The SMILES string of the molecule is COc1cc(CN2CCC3(CCNCC3)C2)c(SC)cc1OC. The predicted molar refractivity (Wildman–Crippen MR) is 95.8 cm³/mol. The highest BCUT2D eigenvalue weighted by Crippen LogP contribution is 2.40. The molecule has 2 aliphatic rings. The van der Waals surface area contributed by atoms with Gasteiger partial charge in [0.25, 0.3) is 0 Å². The van der Waals surface area contributed by atoms with Crippen molar-refractivity contribution in [3.63, 3.8) is 0 Å². The molecule has 0 aromatic heterocycles. The van der Waals surface area contributed by atoms with Gasteiger partial charge in [0, 0.05) is 18.0 Å². The Hall–Kier alpha value is -0.910. The fourth-order valence-corrected chi connectivity index (χ4v) is 4.60. The molecule has 4 nitrogen and oxygen atoms in total. The quantitative estimate of drug-likeness (QED) is 0.836. The van der Waals surface area contributed by atoms with Gasteiger partial charge in [-0.05, 0) is 68.3 Å². The number of hydrogen-bond acceptors (Lipinski definition) is 5. The lowest BCUT2D eigenvalue weighted by molar-refractivity contribution is 0.193. The van der Waals surface area contributed by atoms with E-state index in [2.05, 4.69) is 28.6 Å². The summed E-state index contributed by atoms with van der Waals surface area (Å²) < 4.78 is 10.9. The Morgan fingerprint density at radius 1 is 1.13 bits per heavy atom. The van der Waals surface area contributed by atoms with Crippen molar-refractivity contribution in [3.8, 4) is 11.5 Å². The molecule has 0 radical (unpaired) electrons. The monoisotopic (exact) mass is 336 g/mol. The third-order valence-electron chi connectivity index (χ3n) is 5.36. The normalized spacial score (nSPS) is 20.8. The highest BCUT2D eigenvalue weighted by molar-refractivity contribution is 7.98. The molecule has 1 aromatic carbocycles. The Labute approximate surface area is 143 Å². The smallest absolute Gasteiger partial charge is 0.161 e. The van der Waals surface area contributed by atoms with Gasteiger partial charge in [-0.25, -0.2) is 0 Å². The van der Waals surface area contributed by atoms with Crippen LogP contribution in [0.3, 0.4) is 0 Å². The van der Waals surface area contributed by atoms with Crippen LogP contribution >= 0.6 is 11.8 Å². The number of nitrogens with one attached hydrogen (secondary N) is 1. The van der Waals surface area contributed by atoms with Crippen LogP contribution in [0.4, 0.5) is 0 Å². The Bertz CT molecular complexity index is 544. The summed E-state index contributed by atoms with van der Waals surface area (Å²) in [5, 5.41) is 3.49. The molecule has 0 saturated carbocycles. The molecule has 0 bridgehead atoms. The van der Waals surface area contributed by atoms with Crippen molar-refractivity contribution < 1.29 is 9.47 Å². The Kier molecular flexibility index (Phi) is 5.39. The third kappa shape index (κ3) is 3.62. The van der Waals surface area contributed by atoms with E-state index in [4.69, 9.17) is 9.47 Å². The second kappa shape index (κ2) is 7.32. The largest absolute Gasteiger partial charge is 0.493 e. The Morgan fingerprint density at radius 2 is 1.83 bits per heavy atom. The topological polar surface area (TPSA) is 33.7 Å². The number of benzene rings is 1. The molecule has 0 aliphatic carbocycles. The van der Waals surface area contributed by atoms with E-state index in [1.54, 1.807) is 26.0 Å². The first-order chi connectivity index (χ1) is 11.2. The van der Waals surface area contributed by atoms with Crippen LogP contribution in [0, 0.1) is 5.41 Å². The first-order valence-corrected chi connectivity index (χ1v) is 9.64. The summed E-state index contributed by atoms with van der Waals surface area (Å²) in [5.74, 6) is 1.65. The second-order valence-electron chi connectivity index (χ2n) is 6.73. The van der Waals surface area contributed by atoms with Gasteiger partial charge in [-0.3, -0.25) is 4.90 Å². The van der Waals surface area contributed by atoms with Gasteiger partial charge in [0.15, 0.2) is 11.5 Å². The van der Waals surface area contributed by atoms with Crippen molar-refractivity contribution in [2.45, 2.75) is 30.7 Å². The van der Waals surface area contributed by atoms with Crippen molar-refractivity contribution in [2.24, 2.45) is 5.41 Å². The van der Waals surface area contributed by atoms with Crippen LogP contribution in [-0.2, 0) is 6.54 Å². The van der Waals surface area contributed by atoms with Crippen molar-refractivity contribution in [1.82, 2.24) is 10.2 Å². The number of piperidine rings is 1. The standard InChI is InChI=1S/C18H28N2O2S/c1-21-15-10-14(17(23-3)11-16(15)22-2)12-20-9-6-18(13-20)4-7-19-8-5-18/h10-11,19H,4-9,12-13H2,1-3H3. The Morgan fingerprint density at radius 3 is 2.48 bits per heavy atom. The lowest BCUT2D eigenvalue weighted by atomic mass is 9.78. The molecule has 1 N–H and O–H groups in total. The van der Waals surface area contributed by atoms with Crippen molar-refractivity contribution in [1.29, 1.82) is 0 Å². The van der Waals surface area contributed by atoms with Crippen LogP contribution in [-0.4, -0.2) is 51.6 Å². The Balaban J connectivity index is 1.75. The number of rotatable bonds is 5. The summed E-state index contributed by atoms with van der Waals surface area (Å²) in [6, 6.07) is 4.26. The molecule has 3 rings (SSSR count). The average Bonchev–Trinajstić information content (AvgIpc) is 2.97. The maximum absolute atomic E-state index is 5.49. The minimum absolute atomic E-state index is 0.557. The first kappa shape index (κ1) is 16.9. The number of hydrogen-bond donors (Lipinski definition) is 1. The summed E-state index contributed by atoms with van der Waals surface area (Å²) >= 11 is 1.78. The van der Waals surface area contributed by atoms with Gasteiger partial charge in [0.1, 0.15) is 0 Å². The van der Waals surface area contributed by atoms with Gasteiger partial charge in [0.2, 0.25) is 0 Å².